The van der Waals surface area contributed by atoms with Gasteiger partial charge in [0.05, 0.1) is 12.7 Å². The lowest BCUT2D eigenvalue weighted by atomic mass is 9.98. The molecule has 0 saturated carbocycles. The highest BCUT2D eigenvalue weighted by molar-refractivity contribution is 5.95. The summed E-state index contributed by atoms with van der Waals surface area (Å²) < 4.78 is 19.2. The molecule has 0 aliphatic heterocycles. The summed E-state index contributed by atoms with van der Waals surface area (Å²) in [5.74, 6) is -0.0636. The molecule has 0 aliphatic carbocycles. The van der Waals surface area contributed by atoms with E-state index in [1.54, 1.807) is 13.2 Å². The van der Waals surface area contributed by atoms with E-state index >= 15 is 0 Å². The van der Waals surface area contributed by atoms with Crippen LogP contribution in [0.3, 0.4) is 0 Å². The van der Waals surface area contributed by atoms with Crippen LogP contribution in [0.2, 0.25) is 0 Å². The van der Waals surface area contributed by atoms with Crippen molar-refractivity contribution in [1.29, 1.82) is 0 Å². The fourth-order valence-corrected chi connectivity index (χ4v) is 2.12. The Bertz CT molecular complexity index is 755. The third-order valence-electron chi connectivity index (χ3n) is 3.69. The lowest BCUT2D eigenvalue weighted by molar-refractivity contribution is 0.101. The van der Waals surface area contributed by atoms with E-state index in [-0.39, 0.29) is 11.3 Å². The first-order chi connectivity index (χ1) is 11.6. The molecule has 25 heavy (non-hydrogen) atoms. The molecule has 134 valence electrons. The molecule has 0 amide bonds. The standard InChI is InChI=1S/C16H15FO2.C6H12/c1-10-5-4-6-14(16(10)19-3)12-7-8-13(11(2)18)15(17)9-12;1-5-6(2,3)4/h4-9H,1-3H3;5H,1H2,2-4H3. The van der Waals surface area contributed by atoms with E-state index in [0.717, 1.165) is 16.9 Å². The van der Waals surface area contributed by atoms with Crippen molar-refractivity contribution in [3.8, 4) is 16.9 Å². The number of allylic oxidation sites excluding steroid dienone is 1. The van der Waals surface area contributed by atoms with Gasteiger partial charge in [0.15, 0.2) is 5.78 Å². The third kappa shape index (κ3) is 5.86. The number of ketones is 1. The average Bonchev–Trinajstić information content (AvgIpc) is 2.54. The smallest absolute Gasteiger partial charge is 0.162 e. The number of carbonyl (C=O) groups excluding carboxylic acids is 1. The van der Waals surface area contributed by atoms with Crippen LogP contribution >= 0.6 is 0 Å². The topological polar surface area (TPSA) is 26.3 Å². The number of methoxy groups -OCH3 is 1. The summed E-state index contributed by atoms with van der Waals surface area (Å²) >= 11 is 0. The number of para-hydroxylation sites is 1. The number of hydrogen-bond acceptors (Lipinski definition) is 2. The molecule has 0 N–H and O–H groups in total. The number of Topliss-reactive ketones (excluding diaryl/α,β-unsaturated/α-hetero) is 1. The molecule has 0 spiro atoms. The maximum absolute atomic E-state index is 13.9. The molecule has 2 aromatic rings. The fraction of sp³-hybridized carbons (Fsp3) is 0.318. The third-order valence-corrected chi connectivity index (χ3v) is 3.69. The zero-order valence-corrected chi connectivity index (χ0v) is 15.9. The summed E-state index contributed by atoms with van der Waals surface area (Å²) in [5.41, 5.74) is 2.91. The van der Waals surface area contributed by atoms with Gasteiger partial charge < -0.3 is 4.74 Å². The predicted molar refractivity (Wildman–Crippen MR) is 103 cm³/mol. The molecule has 2 aromatic carbocycles. The van der Waals surface area contributed by atoms with Gasteiger partial charge in [0, 0.05) is 5.56 Å². The van der Waals surface area contributed by atoms with Crippen LogP contribution in [0, 0.1) is 18.2 Å². The highest BCUT2D eigenvalue weighted by Gasteiger charge is 2.12. The van der Waals surface area contributed by atoms with Gasteiger partial charge >= 0.3 is 0 Å². The summed E-state index contributed by atoms with van der Waals surface area (Å²) in [6.07, 6.45) is 1.94. The molecule has 2 nitrogen and oxygen atoms in total. The number of aryl methyl sites for hydroxylation is 1. The minimum Gasteiger partial charge on any atom is -0.496 e. The number of rotatable bonds is 3. The Morgan fingerprint density at radius 3 is 2.24 bits per heavy atom. The molecular formula is C22H27FO2. The number of benzene rings is 2. The van der Waals surface area contributed by atoms with Gasteiger partial charge in [-0.15, -0.1) is 6.58 Å². The Labute approximate surface area is 150 Å². The van der Waals surface area contributed by atoms with Crippen LogP contribution in [0.15, 0.2) is 49.1 Å². The molecule has 2 rings (SSSR count). The number of ether oxygens (including phenoxy) is 1. The normalized spacial score (nSPS) is 10.5. The second-order valence-corrected chi connectivity index (χ2v) is 6.98. The van der Waals surface area contributed by atoms with Gasteiger partial charge in [-0.2, -0.15) is 0 Å². The van der Waals surface area contributed by atoms with E-state index in [9.17, 15) is 9.18 Å². The Balaban J connectivity index is 0.000000450. The quantitative estimate of drug-likeness (QED) is 0.488. The van der Waals surface area contributed by atoms with Gasteiger partial charge in [-0.3, -0.25) is 4.79 Å². The number of carbonyl (C=O) groups is 1. The van der Waals surface area contributed by atoms with Gasteiger partial charge in [0.2, 0.25) is 0 Å². The second kappa shape index (κ2) is 8.61. The summed E-state index contributed by atoms with van der Waals surface area (Å²) in [5, 5.41) is 0. The lowest BCUT2D eigenvalue weighted by Gasteiger charge is -2.12. The van der Waals surface area contributed by atoms with Gasteiger partial charge in [-0.25, -0.2) is 4.39 Å². The maximum atomic E-state index is 13.9. The predicted octanol–water partition coefficient (Wildman–Crippen LogP) is 6.23. The molecule has 0 heterocycles. The molecule has 0 atom stereocenters. The van der Waals surface area contributed by atoms with Crippen molar-refractivity contribution in [2.24, 2.45) is 5.41 Å². The molecule has 0 aliphatic rings. The minimum atomic E-state index is -0.506. The Kier molecular flexibility index (Phi) is 7.10. The molecule has 0 fully saturated rings. The van der Waals surface area contributed by atoms with Crippen molar-refractivity contribution in [1.82, 2.24) is 0 Å². The van der Waals surface area contributed by atoms with Crippen LogP contribution in [0.4, 0.5) is 4.39 Å². The van der Waals surface area contributed by atoms with E-state index in [2.05, 4.69) is 27.4 Å². The average molecular weight is 342 g/mol. The molecule has 0 unspecified atom stereocenters. The van der Waals surface area contributed by atoms with E-state index in [4.69, 9.17) is 4.74 Å². The van der Waals surface area contributed by atoms with Crippen LogP contribution in [-0.4, -0.2) is 12.9 Å². The summed E-state index contributed by atoms with van der Waals surface area (Å²) in [6, 6.07) is 10.3. The number of halogens is 1. The van der Waals surface area contributed by atoms with Gasteiger partial charge in [0.25, 0.3) is 0 Å². The fourth-order valence-electron chi connectivity index (χ4n) is 2.12. The summed E-state index contributed by atoms with van der Waals surface area (Å²) in [4.78, 5) is 11.2. The van der Waals surface area contributed by atoms with Crippen molar-refractivity contribution >= 4 is 5.78 Å². The Hall–Kier alpha value is -2.42. The van der Waals surface area contributed by atoms with Gasteiger partial charge in [-0.1, -0.05) is 51.1 Å². The molecule has 0 radical (unpaired) electrons. The van der Waals surface area contributed by atoms with Crippen LogP contribution in [0.1, 0.15) is 43.6 Å². The van der Waals surface area contributed by atoms with Crippen molar-refractivity contribution < 1.29 is 13.9 Å². The van der Waals surface area contributed by atoms with Crippen LogP contribution in [0.5, 0.6) is 5.75 Å². The minimum absolute atomic E-state index is 0.107. The van der Waals surface area contributed by atoms with E-state index in [1.165, 1.54) is 19.1 Å². The van der Waals surface area contributed by atoms with E-state index in [0.29, 0.717) is 11.0 Å². The zero-order valence-electron chi connectivity index (χ0n) is 15.9. The van der Waals surface area contributed by atoms with Gasteiger partial charge in [-0.05, 0) is 42.5 Å². The highest BCUT2D eigenvalue weighted by Crippen LogP contribution is 2.33. The second-order valence-electron chi connectivity index (χ2n) is 6.98. The van der Waals surface area contributed by atoms with Crippen molar-refractivity contribution in [3.63, 3.8) is 0 Å². The van der Waals surface area contributed by atoms with Gasteiger partial charge in [0.1, 0.15) is 11.6 Å². The largest absolute Gasteiger partial charge is 0.496 e. The molecular weight excluding hydrogens is 315 g/mol. The van der Waals surface area contributed by atoms with E-state index in [1.807, 2.05) is 31.2 Å². The zero-order chi connectivity index (χ0) is 19.2. The Morgan fingerprint density at radius 1 is 1.20 bits per heavy atom. The summed E-state index contributed by atoms with van der Waals surface area (Å²) in [7, 11) is 1.59. The Morgan fingerprint density at radius 2 is 1.80 bits per heavy atom. The first kappa shape index (κ1) is 20.6. The molecule has 0 bridgehead atoms. The van der Waals surface area contributed by atoms with Crippen molar-refractivity contribution in [2.75, 3.05) is 7.11 Å². The summed E-state index contributed by atoms with van der Waals surface area (Å²) in [6.45, 7) is 13.3. The molecule has 3 heteroatoms. The van der Waals surface area contributed by atoms with Crippen LogP contribution in [0.25, 0.3) is 11.1 Å². The lowest BCUT2D eigenvalue weighted by Crippen LogP contribution is -1.98. The SMILES string of the molecule is C=CC(C)(C)C.COc1c(C)cccc1-c1ccc(C(C)=O)c(F)c1. The first-order valence-electron chi connectivity index (χ1n) is 8.18. The molecule has 0 aromatic heterocycles. The highest BCUT2D eigenvalue weighted by atomic mass is 19.1. The van der Waals surface area contributed by atoms with Crippen LogP contribution < -0.4 is 4.74 Å². The van der Waals surface area contributed by atoms with E-state index < -0.39 is 5.82 Å². The van der Waals surface area contributed by atoms with Crippen molar-refractivity contribution in [2.45, 2.75) is 34.6 Å². The number of hydrogen-bond donors (Lipinski definition) is 0. The molecule has 0 saturated heterocycles. The first-order valence-corrected chi connectivity index (χ1v) is 8.18. The maximum Gasteiger partial charge on any atom is 0.162 e. The monoisotopic (exact) mass is 342 g/mol. The van der Waals surface area contributed by atoms with Crippen LogP contribution in [-0.2, 0) is 0 Å². The van der Waals surface area contributed by atoms with Crippen molar-refractivity contribution in [3.05, 3.63) is 66.0 Å².